The van der Waals surface area contributed by atoms with E-state index in [-0.39, 0.29) is 21.4 Å². The van der Waals surface area contributed by atoms with Gasteiger partial charge in [0.1, 0.15) is 5.70 Å². The van der Waals surface area contributed by atoms with Gasteiger partial charge >= 0.3 is 0 Å². The highest BCUT2D eigenvalue weighted by atomic mass is 79.9. The summed E-state index contributed by atoms with van der Waals surface area (Å²) in [5.41, 5.74) is 2.42. The zero-order valence-electron chi connectivity index (χ0n) is 19.6. The van der Waals surface area contributed by atoms with Gasteiger partial charge in [-0.2, -0.15) is 5.10 Å². The number of halogens is 1. The van der Waals surface area contributed by atoms with E-state index >= 15 is 0 Å². The Morgan fingerprint density at radius 1 is 1.03 bits per heavy atom. The van der Waals surface area contributed by atoms with Crippen molar-refractivity contribution in [3.8, 4) is 17.2 Å². The van der Waals surface area contributed by atoms with Crippen LogP contribution in [-0.4, -0.2) is 37.2 Å². The third-order valence-electron chi connectivity index (χ3n) is 4.89. The topological polar surface area (TPSA) is 155 Å². The number of carbonyl (C=O) groups is 2. The van der Waals surface area contributed by atoms with Gasteiger partial charge in [-0.25, -0.2) is 5.43 Å². The lowest BCUT2D eigenvalue weighted by atomic mass is 10.1. The first-order valence-corrected chi connectivity index (χ1v) is 11.3. The van der Waals surface area contributed by atoms with Crippen LogP contribution < -0.4 is 25.3 Å². The monoisotopic (exact) mass is 567 g/mol. The van der Waals surface area contributed by atoms with Gasteiger partial charge in [0.15, 0.2) is 11.5 Å². The fourth-order valence-corrected chi connectivity index (χ4v) is 3.54. The van der Waals surface area contributed by atoms with E-state index in [0.717, 1.165) is 18.3 Å². The van der Waals surface area contributed by atoms with Crippen molar-refractivity contribution in [2.24, 2.45) is 5.10 Å². The molecule has 0 aliphatic carbocycles. The Morgan fingerprint density at radius 2 is 1.73 bits per heavy atom. The number of hydrazone groups is 1. The predicted molar refractivity (Wildman–Crippen MR) is 137 cm³/mol. The molecule has 0 aliphatic rings. The molecule has 0 unspecified atom stereocenters. The highest BCUT2D eigenvalue weighted by Gasteiger charge is 2.15. The molecule has 0 heterocycles. The molecule has 0 spiro atoms. The number of benzene rings is 3. The van der Waals surface area contributed by atoms with E-state index in [1.165, 1.54) is 20.3 Å². The molecular formula is C25H20BrN4O7-. The summed E-state index contributed by atoms with van der Waals surface area (Å²) in [5, 5.41) is 29.6. The molecule has 3 aromatic carbocycles. The normalized spacial score (nSPS) is 11.2. The number of methoxy groups -OCH3 is 2. The molecule has 0 aromatic heterocycles. The van der Waals surface area contributed by atoms with Gasteiger partial charge in [0.2, 0.25) is 0 Å². The van der Waals surface area contributed by atoms with E-state index in [1.54, 1.807) is 48.5 Å². The number of nitro benzene ring substituents is 1. The highest BCUT2D eigenvalue weighted by Crippen LogP contribution is 2.30. The van der Waals surface area contributed by atoms with Gasteiger partial charge in [0.25, 0.3) is 17.5 Å². The smallest absolute Gasteiger partial charge is 0.287 e. The average molecular weight is 568 g/mol. The molecule has 190 valence electrons. The third-order valence-corrected chi connectivity index (χ3v) is 5.47. The Bertz CT molecular complexity index is 1390. The van der Waals surface area contributed by atoms with Gasteiger partial charge in [0, 0.05) is 22.2 Å². The zero-order valence-corrected chi connectivity index (χ0v) is 21.1. The van der Waals surface area contributed by atoms with Gasteiger partial charge in [-0.15, -0.1) is 0 Å². The molecule has 0 aliphatic heterocycles. The van der Waals surface area contributed by atoms with Gasteiger partial charge in [-0.1, -0.05) is 45.9 Å². The minimum atomic E-state index is -0.813. The van der Waals surface area contributed by atoms with Crippen LogP contribution in [-0.2, 0) is 4.79 Å². The summed E-state index contributed by atoms with van der Waals surface area (Å²) >= 11 is 2.98. The molecular weight excluding hydrogens is 548 g/mol. The van der Waals surface area contributed by atoms with E-state index in [0.29, 0.717) is 22.6 Å². The lowest BCUT2D eigenvalue weighted by molar-refractivity contribution is -0.385. The standard InChI is InChI=1S/C25H21BrN4O7/c1-36-21-9-8-15(11-22(21)37-2)10-20(28-24(32)16-6-4-3-5-7-16)25(33)29-27-14-17-12-18(30(34)35)13-19(26)23(17)31/h3-14,31H,1-2H3,(H,28,32)(H,29,33)/p-1/b20-10+,27-14-. The summed E-state index contributed by atoms with van der Waals surface area (Å²) in [6.45, 7) is 0. The number of non-ortho nitro benzene ring substituents is 1. The van der Waals surface area contributed by atoms with Crippen molar-refractivity contribution in [3.05, 3.63) is 97.6 Å². The Kier molecular flexibility index (Phi) is 8.95. The number of rotatable bonds is 9. The maximum atomic E-state index is 12.9. The quantitative estimate of drug-likeness (QED) is 0.174. The predicted octanol–water partition coefficient (Wildman–Crippen LogP) is 3.37. The minimum absolute atomic E-state index is 0.0290. The maximum absolute atomic E-state index is 12.9. The first-order chi connectivity index (χ1) is 17.7. The zero-order chi connectivity index (χ0) is 26.9. The Morgan fingerprint density at radius 3 is 2.38 bits per heavy atom. The number of hydrogen-bond acceptors (Lipinski definition) is 8. The van der Waals surface area contributed by atoms with Crippen molar-refractivity contribution in [3.63, 3.8) is 0 Å². The molecule has 0 atom stereocenters. The molecule has 3 aromatic rings. The highest BCUT2D eigenvalue weighted by molar-refractivity contribution is 9.10. The number of carbonyl (C=O) groups excluding carboxylic acids is 2. The molecule has 0 saturated heterocycles. The summed E-state index contributed by atoms with van der Waals surface area (Å²) in [7, 11) is 2.94. The summed E-state index contributed by atoms with van der Waals surface area (Å²) in [4.78, 5) is 36.1. The van der Waals surface area contributed by atoms with Crippen LogP contribution in [0.15, 0.2) is 75.9 Å². The van der Waals surface area contributed by atoms with Crippen LogP contribution in [0.4, 0.5) is 5.69 Å². The summed E-state index contributed by atoms with van der Waals surface area (Å²) in [6.07, 6.45) is 2.38. The van der Waals surface area contributed by atoms with E-state index in [1.807, 2.05) is 0 Å². The van der Waals surface area contributed by atoms with Crippen LogP contribution in [0.25, 0.3) is 6.08 Å². The fourth-order valence-electron chi connectivity index (χ4n) is 3.07. The Labute approximate surface area is 219 Å². The molecule has 3 rings (SSSR count). The van der Waals surface area contributed by atoms with Crippen LogP contribution in [0.5, 0.6) is 17.2 Å². The molecule has 37 heavy (non-hydrogen) atoms. The van der Waals surface area contributed by atoms with Gasteiger partial charge in [0.05, 0.1) is 25.4 Å². The fraction of sp³-hybridized carbons (Fsp3) is 0.0800. The lowest BCUT2D eigenvalue weighted by Gasteiger charge is -2.13. The molecule has 12 heteroatoms. The summed E-state index contributed by atoms with van der Waals surface area (Å²) < 4.78 is 10.5. The van der Waals surface area contributed by atoms with E-state index < -0.39 is 22.5 Å². The van der Waals surface area contributed by atoms with Gasteiger partial charge in [-0.3, -0.25) is 19.7 Å². The number of nitro groups is 1. The second-order valence-electron chi connectivity index (χ2n) is 7.29. The van der Waals surface area contributed by atoms with Crippen molar-refractivity contribution in [1.82, 2.24) is 10.7 Å². The van der Waals surface area contributed by atoms with Crippen LogP contribution >= 0.6 is 15.9 Å². The van der Waals surface area contributed by atoms with E-state index in [2.05, 4.69) is 31.8 Å². The van der Waals surface area contributed by atoms with Crippen LogP contribution in [0.2, 0.25) is 0 Å². The molecule has 11 nitrogen and oxygen atoms in total. The SMILES string of the molecule is COc1ccc(/C=C(/NC(=O)c2ccccc2)C(=O)N/N=C\c2cc([N+](=O)[O-])cc(Br)c2[O-])cc1OC. The summed E-state index contributed by atoms with van der Waals surface area (Å²) in [6, 6.07) is 15.2. The molecule has 0 bridgehead atoms. The molecule has 0 fully saturated rings. The second kappa shape index (κ2) is 12.3. The second-order valence-corrected chi connectivity index (χ2v) is 8.15. The molecule has 2 N–H and O–H groups in total. The van der Waals surface area contributed by atoms with Gasteiger partial charge < -0.3 is 19.9 Å². The Hall–Kier alpha value is -4.71. The largest absolute Gasteiger partial charge is 0.871 e. The average Bonchev–Trinajstić information content (AvgIpc) is 2.90. The number of hydrogen-bond donors (Lipinski definition) is 2. The molecule has 0 saturated carbocycles. The van der Waals surface area contributed by atoms with E-state index in [9.17, 15) is 24.8 Å². The van der Waals surface area contributed by atoms with Crippen LogP contribution in [0.3, 0.4) is 0 Å². The maximum Gasteiger partial charge on any atom is 0.287 e. The number of nitrogens with one attached hydrogen (secondary N) is 2. The van der Waals surface area contributed by atoms with Crippen molar-refractivity contribution < 1.29 is 29.1 Å². The first kappa shape index (κ1) is 26.9. The first-order valence-electron chi connectivity index (χ1n) is 10.5. The van der Waals surface area contributed by atoms with E-state index in [4.69, 9.17) is 9.47 Å². The minimum Gasteiger partial charge on any atom is -0.871 e. The van der Waals surface area contributed by atoms with Crippen molar-refractivity contribution in [2.75, 3.05) is 14.2 Å². The number of amides is 2. The number of nitrogens with zero attached hydrogens (tertiary/aromatic N) is 2. The lowest BCUT2D eigenvalue weighted by Crippen LogP contribution is -2.32. The number of ether oxygens (including phenoxy) is 2. The Balaban J connectivity index is 1.91. The molecule has 0 radical (unpaired) electrons. The van der Waals surface area contributed by atoms with Crippen molar-refractivity contribution in [1.29, 1.82) is 0 Å². The molecule has 2 amide bonds. The summed E-state index contributed by atoms with van der Waals surface area (Å²) in [5.74, 6) is -1.03. The van der Waals surface area contributed by atoms with Crippen LogP contribution in [0, 0.1) is 10.1 Å². The third kappa shape index (κ3) is 6.92. The van der Waals surface area contributed by atoms with Crippen molar-refractivity contribution >= 4 is 45.7 Å². The van der Waals surface area contributed by atoms with Gasteiger partial charge in [-0.05, 0) is 41.5 Å². The van der Waals surface area contributed by atoms with Crippen molar-refractivity contribution in [2.45, 2.75) is 0 Å². The van der Waals surface area contributed by atoms with Crippen LogP contribution in [0.1, 0.15) is 21.5 Å².